The fourth-order valence-corrected chi connectivity index (χ4v) is 9.70. The second kappa shape index (κ2) is 17.9. The Hall–Kier alpha value is -5.16. The molecular weight excluding hydrogens is 996 g/mol. The third kappa shape index (κ3) is 11.3. The van der Waals surface area contributed by atoms with Gasteiger partial charge in [-0.3, -0.25) is 27.3 Å². The number of benzene rings is 6. The maximum absolute atomic E-state index is 12.5. The number of nitrogens with zero attached hydrogens (tertiary/aromatic N) is 4. The van der Waals surface area contributed by atoms with Crippen molar-refractivity contribution in [2.75, 3.05) is 11.5 Å². The minimum atomic E-state index is -5.12. The molecule has 336 valence electrons. The Labute approximate surface area is 390 Å². The predicted molar refractivity (Wildman–Crippen MR) is 226 cm³/mol. The van der Waals surface area contributed by atoms with Crippen molar-refractivity contribution in [3.05, 3.63) is 96.1 Å². The van der Waals surface area contributed by atoms with Crippen molar-refractivity contribution in [1.82, 2.24) is 0 Å². The molecule has 0 saturated carbocycles. The molecule has 0 aliphatic rings. The number of hydrogen-bond donors (Lipinski definition) is 8. The van der Waals surface area contributed by atoms with Crippen LogP contribution in [0.5, 0.6) is 0 Å². The third-order valence-corrected chi connectivity index (χ3v) is 14.2. The Morgan fingerprint density at radius 2 is 0.708 bits per heavy atom. The summed E-state index contributed by atoms with van der Waals surface area (Å²) in [5, 5.41) is 15.0. The molecule has 0 amide bonds. The van der Waals surface area contributed by atoms with Crippen LogP contribution < -0.4 is 41.0 Å². The molecule has 0 heterocycles. The average Bonchev–Trinajstić information content (AvgIpc) is 3.16. The minimum Gasteiger partial charge on any atom is -0.396 e. The topological polar surface area (TPSA) is 428 Å². The van der Waals surface area contributed by atoms with Crippen LogP contribution in [0, 0.1) is 0 Å². The molecule has 0 atom stereocenters. The molecule has 65 heavy (non-hydrogen) atoms. The third-order valence-electron chi connectivity index (χ3n) is 8.85. The van der Waals surface area contributed by atoms with E-state index in [1.807, 2.05) is 0 Å². The number of hydrogen-bond acceptors (Lipinski definition) is 18. The summed E-state index contributed by atoms with van der Waals surface area (Å²) < 4.78 is 204. The SMILES string of the molecule is Nc1c(S(=O)(=O)O)cc2cc(S(=O)(=O)O)ccc2c1N=Nc1ccc(/C=C/c2ccc(N=Nc3c(N)c(S(=O)(=O)O)cc4cc(S(=O)(=O)O)ccc34)cc2S(=O)(=O)O)c(S(=O)(=O)O)c1.[Na+]. The maximum Gasteiger partial charge on any atom is 1.00 e. The van der Waals surface area contributed by atoms with Gasteiger partial charge in [0, 0.05) is 10.8 Å². The van der Waals surface area contributed by atoms with E-state index in [0.29, 0.717) is 0 Å². The summed E-state index contributed by atoms with van der Waals surface area (Å²) in [7, 11) is -29.9. The van der Waals surface area contributed by atoms with E-state index in [-0.39, 0.29) is 73.6 Å². The van der Waals surface area contributed by atoms with Gasteiger partial charge in [-0.05, 0) is 82.6 Å². The predicted octanol–water partition coefficient (Wildman–Crippen LogP) is 2.64. The van der Waals surface area contributed by atoms with Crippen LogP contribution in [0.15, 0.2) is 135 Å². The molecular formula is C34H26N6NaO18S6+. The number of nitrogen functional groups attached to an aromatic ring is 2. The van der Waals surface area contributed by atoms with E-state index in [2.05, 4.69) is 20.5 Å². The maximum atomic E-state index is 12.5. The molecule has 0 aromatic heterocycles. The second-order valence-corrected chi connectivity index (χ2v) is 21.5. The average molecular weight is 1020 g/mol. The quantitative estimate of drug-likeness (QED) is 0.0287. The second-order valence-electron chi connectivity index (χ2n) is 13.1. The van der Waals surface area contributed by atoms with Gasteiger partial charge in [0.2, 0.25) is 0 Å². The van der Waals surface area contributed by atoms with Crippen molar-refractivity contribution in [1.29, 1.82) is 0 Å². The molecule has 0 aliphatic heterocycles. The van der Waals surface area contributed by atoms with Crippen LogP contribution in [0.3, 0.4) is 0 Å². The summed E-state index contributed by atoms with van der Waals surface area (Å²) in [5.41, 5.74) is 8.41. The Kier molecular flexibility index (Phi) is 14.0. The smallest absolute Gasteiger partial charge is 0.396 e. The number of fused-ring (bicyclic) bond motifs is 2. The monoisotopic (exact) mass is 1020 g/mol. The molecule has 0 unspecified atom stereocenters. The zero-order valence-electron chi connectivity index (χ0n) is 32.2. The largest absolute Gasteiger partial charge is 1.00 e. The summed E-state index contributed by atoms with van der Waals surface area (Å²) in [5.74, 6) is 0. The molecule has 6 aromatic rings. The van der Waals surface area contributed by atoms with Crippen LogP contribution in [0.4, 0.5) is 34.1 Å². The first-order valence-corrected chi connectivity index (χ1v) is 25.3. The van der Waals surface area contributed by atoms with Crippen LogP contribution in [0.25, 0.3) is 33.7 Å². The summed E-state index contributed by atoms with van der Waals surface area (Å²) in [6.45, 7) is 0. The normalized spacial score (nSPS) is 13.3. The van der Waals surface area contributed by atoms with Gasteiger partial charge in [0.15, 0.2) is 0 Å². The Morgan fingerprint density at radius 1 is 0.385 bits per heavy atom. The van der Waals surface area contributed by atoms with Gasteiger partial charge < -0.3 is 11.5 Å². The van der Waals surface area contributed by atoms with Gasteiger partial charge in [0.1, 0.15) is 31.0 Å². The Balaban J connectivity index is 0.00000793. The molecule has 0 bridgehead atoms. The minimum absolute atomic E-state index is 0. The Bertz CT molecular complexity index is 3560. The van der Waals surface area contributed by atoms with Crippen molar-refractivity contribution in [3.8, 4) is 0 Å². The van der Waals surface area contributed by atoms with E-state index in [1.54, 1.807) is 0 Å². The molecule has 0 spiro atoms. The van der Waals surface area contributed by atoms with E-state index in [1.165, 1.54) is 0 Å². The van der Waals surface area contributed by atoms with Crippen molar-refractivity contribution >= 4 is 129 Å². The fourth-order valence-electron chi connectivity index (χ4n) is 5.96. The molecule has 0 radical (unpaired) electrons. The van der Waals surface area contributed by atoms with Crippen LogP contribution in [0.2, 0.25) is 0 Å². The standard InChI is InChI=1S/C34H26N6O18S6.Na/c35-31-29(63(53,54)55)13-19-11-23(59(41,42)43)7-9-25(19)33(31)39-37-21-5-3-17(27(15-21)61(47,48)49)1-2-18-4-6-22(16-28(18)62(50,51)52)38-40-34-26-10-8-24(60(44,45)46)12-20(26)14-30(32(34)36)64(56,57)58;/h1-16H,35-36H2,(H,41,42,43)(H,44,45,46)(H,47,48,49)(H,50,51,52)(H,53,54,55)(H,56,57,58);/q;+1/b2-1+,39-37?,40-38?;. The summed E-state index contributed by atoms with van der Waals surface area (Å²) in [4.78, 5) is -4.87. The molecule has 0 aliphatic carbocycles. The van der Waals surface area contributed by atoms with E-state index >= 15 is 0 Å². The molecule has 0 fully saturated rings. The van der Waals surface area contributed by atoms with Gasteiger partial charge in [-0.15, -0.1) is 10.2 Å². The number of nitrogens with two attached hydrogens (primary N) is 2. The first kappa shape index (κ1) is 50.8. The van der Waals surface area contributed by atoms with Gasteiger partial charge >= 0.3 is 29.6 Å². The summed E-state index contributed by atoms with van der Waals surface area (Å²) >= 11 is 0. The first-order chi connectivity index (χ1) is 29.3. The fraction of sp³-hybridized carbons (Fsp3) is 0. The van der Waals surface area contributed by atoms with E-state index in [0.717, 1.165) is 97.1 Å². The van der Waals surface area contributed by atoms with Crippen LogP contribution in [0.1, 0.15) is 11.1 Å². The molecule has 10 N–H and O–H groups in total. The number of rotatable bonds is 12. The number of anilines is 2. The molecule has 6 aromatic carbocycles. The van der Waals surface area contributed by atoms with Crippen LogP contribution in [-0.2, 0) is 60.7 Å². The number of azo groups is 2. The van der Waals surface area contributed by atoms with Crippen molar-refractivity contribution in [2.24, 2.45) is 20.5 Å². The first-order valence-electron chi connectivity index (χ1n) is 16.7. The van der Waals surface area contributed by atoms with E-state index < -0.39 is 113 Å². The summed E-state index contributed by atoms with van der Waals surface area (Å²) in [6, 6.07) is 13.3. The zero-order chi connectivity index (χ0) is 47.5. The van der Waals surface area contributed by atoms with Crippen LogP contribution in [-0.4, -0.2) is 77.8 Å². The van der Waals surface area contributed by atoms with Crippen molar-refractivity contribution in [3.63, 3.8) is 0 Å². The summed E-state index contributed by atoms with van der Waals surface area (Å²) in [6.07, 6.45) is 2.00. The van der Waals surface area contributed by atoms with Gasteiger partial charge in [0.25, 0.3) is 60.7 Å². The Morgan fingerprint density at radius 3 is 1.00 bits per heavy atom. The molecule has 24 nitrogen and oxygen atoms in total. The molecule has 6 rings (SSSR count). The molecule has 31 heteroatoms. The van der Waals surface area contributed by atoms with Gasteiger partial charge in [0.05, 0.1) is 32.5 Å². The van der Waals surface area contributed by atoms with Gasteiger partial charge in [-0.2, -0.15) is 60.7 Å². The van der Waals surface area contributed by atoms with Gasteiger partial charge in [-0.1, -0.05) is 36.4 Å². The zero-order valence-corrected chi connectivity index (χ0v) is 39.1. The van der Waals surface area contributed by atoms with Crippen LogP contribution >= 0.6 is 0 Å². The molecule has 0 saturated heterocycles. The van der Waals surface area contributed by atoms with E-state index in [4.69, 9.17) is 11.5 Å². The van der Waals surface area contributed by atoms with Crippen molar-refractivity contribution < 1.29 is 107 Å². The van der Waals surface area contributed by atoms with Gasteiger partial charge in [-0.25, -0.2) is 0 Å². The van der Waals surface area contributed by atoms with E-state index in [9.17, 15) is 77.8 Å². The van der Waals surface area contributed by atoms with Crippen molar-refractivity contribution in [2.45, 2.75) is 29.4 Å².